The third kappa shape index (κ3) is 2.23. The molecule has 3 heteroatoms. The van der Waals surface area contributed by atoms with E-state index < -0.39 is 0 Å². The molecule has 0 spiro atoms. The van der Waals surface area contributed by atoms with E-state index in [1.54, 1.807) is 7.11 Å². The van der Waals surface area contributed by atoms with Gasteiger partial charge in [-0.3, -0.25) is 4.99 Å². The molecule has 2 rings (SSSR count). The third-order valence-electron chi connectivity index (χ3n) is 2.65. The molecule has 0 amide bonds. The molecule has 80 valence electrons. The van der Waals surface area contributed by atoms with Crippen molar-refractivity contribution in [1.82, 2.24) is 0 Å². The number of aliphatic imine (C=N–C) groups is 1. The number of alkyl halides is 1. The molecule has 0 saturated heterocycles. The maximum Gasteiger partial charge on any atom is 0.127 e. The minimum Gasteiger partial charge on any atom is -0.496 e. The Balaban J connectivity index is 2.30. The smallest absolute Gasteiger partial charge is 0.127 e. The summed E-state index contributed by atoms with van der Waals surface area (Å²) in [7, 11) is 1.70. The highest BCUT2D eigenvalue weighted by Gasteiger charge is 2.19. The predicted molar refractivity (Wildman–Crippen MR) is 66.3 cm³/mol. The Bertz CT molecular complexity index is 376. The zero-order valence-electron chi connectivity index (χ0n) is 8.74. The highest BCUT2D eigenvalue weighted by atomic mass is 79.9. The van der Waals surface area contributed by atoms with Gasteiger partial charge in [0.15, 0.2) is 0 Å². The van der Waals surface area contributed by atoms with Gasteiger partial charge in [0, 0.05) is 16.6 Å². The molecular weight excluding hydrogens is 254 g/mol. The zero-order chi connectivity index (χ0) is 10.7. The third-order valence-corrected chi connectivity index (χ3v) is 3.40. The number of nitrogens with zero attached hydrogens (tertiary/aromatic N) is 1. The maximum atomic E-state index is 5.33. The lowest BCUT2D eigenvalue weighted by molar-refractivity contribution is 0.414. The highest BCUT2D eigenvalue weighted by molar-refractivity contribution is 9.09. The average molecular weight is 268 g/mol. The monoisotopic (exact) mass is 267 g/mol. The van der Waals surface area contributed by atoms with Crippen LogP contribution in [0.1, 0.15) is 18.4 Å². The molecule has 1 aliphatic heterocycles. The molecule has 1 atom stereocenters. The van der Waals surface area contributed by atoms with Gasteiger partial charge in [-0.05, 0) is 25.0 Å². The van der Waals surface area contributed by atoms with E-state index >= 15 is 0 Å². The van der Waals surface area contributed by atoms with Gasteiger partial charge in [-0.15, -0.1) is 0 Å². The fourth-order valence-electron chi connectivity index (χ4n) is 1.85. The first-order valence-electron chi connectivity index (χ1n) is 5.11. The number of halogens is 1. The Kier molecular flexibility index (Phi) is 3.41. The first kappa shape index (κ1) is 10.7. The summed E-state index contributed by atoms with van der Waals surface area (Å²) in [6, 6.07) is 8.51. The van der Waals surface area contributed by atoms with Crippen LogP contribution in [0.5, 0.6) is 5.75 Å². The van der Waals surface area contributed by atoms with Crippen LogP contribution < -0.4 is 4.74 Å². The van der Waals surface area contributed by atoms with Gasteiger partial charge in [-0.2, -0.15) is 0 Å². The van der Waals surface area contributed by atoms with Crippen LogP contribution in [0.15, 0.2) is 29.3 Å². The lowest BCUT2D eigenvalue weighted by atomic mass is 10.1. The summed E-state index contributed by atoms with van der Waals surface area (Å²) in [5.41, 5.74) is 2.32. The van der Waals surface area contributed by atoms with E-state index in [9.17, 15) is 0 Å². The van der Waals surface area contributed by atoms with Crippen molar-refractivity contribution in [2.75, 3.05) is 12.4 Å². The van der Waals surface area contributed by atoms with E-state index in [1.807, 2.05) is 18.2 Å². The van der Waals surface area contributed by atoms with Crippen LogP contribution in [-0.2, 0) is 0 Å². The minimum atomic E-state index is 0.435. The SMILES string of the molecule is COc1ccccc1C1=NC(CBr)CC1. The molecule has 0 N–H and O–H groups in total. The Morgan fingerprint density at radius 3 is 2.93 bits per heavy atom. The molecule has 0 radical (unpaired) electrons. The van der Waals surface area contributed by atoms with E-state index in [2.05, 4.69) is 27.0 Å². The summed E-state index contributed by atoms with van der Waals surface area (Å²) in [5, 5.41) is 0.950. The summed E-state index contributed by atoms with van der Waals surface area (Å²) >= 11 is 3.47. The normalized spacial score (nSPS) is 20.1. The number of hydrogen-bond acceptors (Lipinski definition) is 2. The largest absolute Gasteiger partial charge is 0.496 e. The lowest BCUT2D eigenvalue weighted by Gasteiger charge is -2.07. The van der Waals surface area contributed by atoms with E-state index in [-0.39, 0.29) is 0 Å². The maximum absolute atomic E-state index is 5.33. The van der Waals surface area contributed by atoms with Crippen molar-refractivity contribution in [2.45, 2.75) is 18.9 Å². The molecule has 1 aromatic rings. The summed E-state index contributed by atoms with van der Waals surface area (Å²) in [6.07, 6.45) is 2.19. The standard InChI is InChI=1S/C12H14BrNO/c1-15-12-5-3-2-4-10(12)11-7-6-9(8-13)14-11/h2-5,9H,6-8H2,1H3. The molecule has 0 saturated carbocycles. The molecule has 0 aromatic heterocycles. The highest BCUT2D eigenvalue weighted by Crippen LogP contribution is 2.25. The molecule has 0 bridgehead atoms. The fourth-order valence-corrected chi connectivity index (χ4v) is 2.32. The van der Waals surface area contributed by atoms with Gasteiger partial charge < -0.3 is 4.74 Å². The van der Waals surface area contributed by atoms with Gasteiger partial charge >= 0.3 is 0 Å². The van der Waals surface area contributed by atoms with Crippen LogP contribution in [0.25, 0.3) is 0 Å². The quantitative estimate of drug-likeness (QED) is 0.772. The Labute approximate surface area is 98.5 Å². The molecule has 1 aromatic carbocycles. The van der Waals surface area contributed by atoms with Crippen molar-refractivity contribution in [1.29, 1.82) is 0 Å². The van der Waals surface area contributed by atoms with Gasteiger partial charge in [-0.25, -0.2) is 0 Å². The van der Waals surface area contributed by atoms with Crippen molar-refractivity contribution in [2.24, 2.45) is 4.99 Å². The van der Waals surface area contributed by atoms with E-state index in [4.69, 9.17) is 4.74 Å². The molecule has 0 fully saturated rings. The van der Waals surface area contributed by atoms with Crippen molar-refractivity contribution in [3.05, 3.63) is 29.8 Å². The molecule has 1 heterocycles. The predicted octanol–water partition coefficient (Wildman–Crippen LogP) is 3.04. The number of methoxy groups -OCH3 is 1. The second-order valence-electron chi connectivity index (χ2n) is 3.62. The Morgan fingerprint density at radius 2 is 2.27 bits per heavy atom. The lowest BCUT2D eigenvalue weighted by Crippen LogP contribution is -2.00. The molecule has 15 heavy (non-hydrogen) atoms. The minimum absolute atomic E-state index is 0.435. The number of rotatable bonds is 3. The number of para-hydroxylation sites is 1. The second kappa shape index (κ2) is 4.79. The summed E-state index contributed by atoms with van der Waals surface area (Å²) in [6.45, 7) is 0. The van der Waals surface area contributed by atoms with Gasteiger partial charge in [0.25, 0.3) is 0 Å². The van der Waals surface area contributed by atoms with Crippen LogP contribution in [0, 0.1) is 0 Å². The Hall–Kier alpha value is -0.830. The van der Waals surface area contributed by atoms with Crippen LogP contribution in [0.2, 0.25) is 0 Å². The summed E-state index contributed by atoms with van der Waals surface area (Å²) in [4.78, 5) is 4.68. The summed E-state index contributed by atoms with van der Waals surface area (Å²) in [5.74, 6) is 0.923. The van der Waals surface area contributed by atoms with Crippen LogP contribution in [0.3, 0.4) is 0 Å². The number of ether oxygens (including phenoxy) is 1. The molecular formula is C12H14BrNO. The molecule has 0 aliphatic carbocycles. The zero-order valence-corrected chi connectivity index (χ0v) is 10.3. The van der Waals surface area contributed by atoms with Gasteiger partial charge in [-0.1, -0.05) is 28.1 Å². The van der Waals surface area contributed by atoms with E-state index in [0.29, 0.717) is 6.04 Å². The average Bonchev–Trinajstić information content (AvgIpc) is 2.77. The first-order chi connectivity index (χ1) is 7.35. The van der Waals surface area contributed by atoms with Gasteiger partial charge in [0.2, 0.25) is 0 Å². The van der Waals surface area contributed by atoms with E-state index in [0.717, 1.165) is 29.5 Å². The first-order valence-corrected chi connectivity index (χ1v) is 6.23. The molecule has 1 aliphatic rings. The summed E-state index contributed by atoms with van der Waals surface area (Å²) < 4.78 is 5.33. The van der Waals surface area contributed by atoms with Crippen molar-refractivity contribution in [3.8, 4) is 5.75 Å². The van der Waals surface area contributed by atoms with Gasteiger partial charge in [0.1, 0.15) is 5.75 Å². The van der Waals surface area contributed by atoms with Gasteiger partial charge in [0.05, 0.1) is 13.2 Å². The van der Waals surface area contributed by atoms with Crippen LogP contribution in [-0.4, -0.2) is 24.2 Å². The van der Waals surface area contributed by atoms with E-state index in [1.165, 1.54) is 5.71 Å². The number of hydrogen-bond donors (Lipinski definition) is 0. The van der Waals surface area contributed by atoms with Crippen molar-refractivity contribution >= 4 is 21.6 Å². The number of benzene rings is 1. The van der Waals surface area contributed by atoms with Crippen molar-refractivity contribution in [3.63, 3.8) is 0 Å². The van der Waals surface area contributed by atoms with Crippen molar-refractivity contribution < 1.29 is 4.74 Å². The topological polar surface area (TPSA) is 21.6 Å². The Morgan fingerprint density at radius 1 is 1.47 bits per heavy atom. The fraction of sp³-hybridized carbons (Fsp3) is 0.417. The van der Waals surface area contributed by atoms with Crippen LogP contribution >= 0.6 is 15.9 Å². The second-order valence-corrected chi connectivity index (χ2v) is 4.27. The molecule has 1 unspecified atom stereocenters. The molecule has 2 nitrogen and oxygen atoms in total. The van der Waals surface area contributed by atoms with Crippen LogP contribution in [0.4, 0.5) is 0 Å².